The number of benzene rings is 2. The number of alkyl halides is 9. The van der Waals surface area contributed by atoms with Crippen LogP contribution in [-0.2, 0) is 11.0 Å². The predicted octanol–water partition coefficient (Wildman–Crippen LogP) is 8.04. The van der Waals surface area contributed by atoms with Crippen LogP contribution in [0.2, 0.25) is 5.02 Å². The normalized spacial score (nSPS) is 14.3. The highest BCUT2D eigenvalue weighted by atomic mass is 79.9. The molecule has 0 bridgehead atoms. The van der Waals surface area contributed by atoms with E-state index in [0.29, 0.717) is 18.2 Å². The van der Waals surface area contributed by atoms with Gasteiger partial charge in [-0.3, -0.25) is 9.59 Å². The molecule has 2 atom stereocenters. The van der Waals surface area contributed by atoms with Crippen molar-refractivity contribution in [3.05, 3.63) is 72.6 Å². The molecule has 0 fully saturated rings. The average molecular weight is 719 g/mol. The number of amides is 2. The van der Waals surface area contributed by atoms with Gasteiger partial charge < -0.3 is 10.6 Å². The Bertz CT molecular complexity index is 1240. The van der Waals surface area contributed by atoms with Gasteiger partial charge in [-0.15, -0.1) is 0 Å². The first kappa shape index (κ1) is 32.9. The Labute approximate surface area is 237 Å². The summed E-state index contributed by atoms with van der Waals surface area (Å²) in [6.07, 6.45) is -13.3. The third-order valence-electron chi connectivity index (χ3n) is 5.00. The van der Waals surface area contributed by atoms with Crippen molar-refractivity contribution >= 4 is 61.4 Å². The van der Waals surface area contributed by atoms with E-state index in [2.05, 4.69) is 31.9 Å². The first-order valence-electron chi connectivity index (χ1n) is 10.5. The number of carbonyl (C=O) groups is 2. The van der Waals surface area contributed by atoms with Crippen LogP contribution in [0.5, 0.6) is 0 Å². The van der Waals surface area contributed by atoms with Crippen LogP contribution in [0.4, 0.5) is 39.5 Å². The minimum Gasteiger partial charge on any atom is -0.345 e. The molecule has 0 aliphatic rings. The molecule has 2 rings (SSSR count). The fraction of sp³-hybridized carbons (Fsp3) is 0.304. The number of allylic oxidation sites excluding steroid dienone is 1. The molecule has 0 radical (unpaired) electrons. The first-order chi connectivity index (χ1) is 17.7. The Hall–Kier alpha value is -2.26. The zero-order chi connectivity index (χ0) is 29.9. The lowest BCUT2D eigenvalue weighted by molar-refractivity contribution is -0.139. The molecule has 2 unspecified atom stereocenters. The number of rotatable bonds is 7. The van der Waals surface area contributed by atoms with Gasteiger partial charge in [0.15, 0.2) is 0 Å². The number of halogens is 12. The van der Waals surface area contributed by atoms with Crippen LogP contribution in [0.1, 0.15) is 39.9 Å². The van der Waals surface area contributed by atoms with Crippen LogP contribution < -0.4 is 10.6 Å². The van der Waals surface area contributed by atoms with E-state index >= 15 is 0 Å². The summed E-state index contributed by atoms with van der Waals surface area (Å²) in [5, 5.41) is 3.46. The maximum atomic E-state index is 13.8. The molecule has 2 amide bonds. The van der Waals surface area contributed by atoms with Crippen molar-refractivity contribution in [1.82, 2.24) is 10.6 Å². The van der Waals surface area contributed by atoms with Gasteiger partial charge in [-0.2, -0.15) is 39.5 Å². The zero-order valence-corrected chi connectivity index (χ0v) is 23.2. The van der Waals surface area contributed by atoms with Crippen LogP contribution >= 0.6 is 43.5 Å². The van der Waals surface area contributed by atoms with Crippen LogP contribution in [0.15, 0.2) is 45.4 Å². The highest BCUT2D eigenvalue weighted by molar-refractivity contribution is 9.11. The number of hydrogen-bond donors (Lipinski definition) is 2. The van der Waals surface area contributed by atoms with E-state index in [1.807, 2.05) is 5.32 Å². The number of hydrogen-bond acceptors (Lipinski definition) is 2. The molecule has 2 N–H and O–H groups in total. The lowest BCUT2D eigenvalue weighted by Gasteiger charge is -2.19. The molecule has 39 heavy (non-hydrogen) atoms. The van der Waals surface area contributed by atoms with Crippen molar-refractivity contribution in [1.29, 1.82) is 0 Å². The van der Waals surface area contributed by atoms with Crippen LogP contribution in [0, 0.1) is 0 Å². The van der Waals surface area contributed by atoms with Gasteiger partial charge in [-0.05, 0) is 74.2 Å². The fourth-order valence-corrected chi connectivity index (χ4v) is 4.48. The Kier molecular flexibility index (Phi) is 10.6. The molecule has 0 heterocycles. The summed E-state index contributed by atoms with van der Waals surface area (Å²) in [5.74, 6) is -4.97. The summed E-state index contributed by atoms with van der Waals surface area (Å²) in [7, 11) is 0. The molecule has 4 nitrogen and oxygen atoms in total. The van der Waals surface area contributed by atoms with Gasteiger partial charge in [-0.25, -0.2) is 0 Å². The van der Waals surface area contributed by atoms with E-state index in [1.54, 1.807) is 0 Å². The minimum absolute atomic E-state index is 0.111. The van der Waals surface area contributed by atoms with Crippen LogP contribution in [0.25, 0.3) is 6.08 Å². The van der Waals surface area contributed by atoms with Gasteiger partial charge in [0, 0.05) is 8.95 Å². The Morgan fingerprint density at radius 1 is 0.974 bits per heavy atom. The zero-order valence-electron chi connectivity index (χ0n) is 19.3. The van der Waals surface area contributed by atoms with E-state index in [4.69, 9.17) is 11.6 Å². The molecule has 0 spiro atoms. The smallest absolute Gasteiger partial charge is 0.345 e. The van der Waals surface area contributed by atoms with Crippen molar-refractivity contribution < 1.29 is 49.1 Å². The van der Waals surface area contributed by atoms with Gasteiger partial charge in [-0.1, -0.05) is 29.8 Å². The molecule has 0 saturated heterocycles. The lowest BCUT2D eigenvalue weighted by atomic mass is 9.96. The highest BCUT2D eigenvalue weighted by Gasteiger charge is 2.40. The molecule has 0 aliphatic heterocycles. The van der Waals surface area contributed by atoms with Gasteiger partial charge >= 0.3 is 18.5 Å². The Balaban J connectivity index is 2.37. The van der Waals surface area contributed by atoms with E-state index in [-0.39, 0.29) is 25.1 Å². The molecule has 2 aromatic carbocycles. The summed E-state index contributed by atoms with van der Waals surface area (Å²) in [5.41, 5.74) is -3.14. The highest BCUT2D eigenvalue weighted by Crippen LogP contribution is 2.41. The monoisotopic (exact) mass is 716 g/mol. The van der Waals surface area contributed by atoms with Crippen molar-refractivity contribution in [2.45, 2.75) is 37.4 Å². The van der Waals surface area contributed by atoms with Crippen molar-refractivity contribution in [2.24, 2.45) is 0 Å². The maximum absolute atomic E-state index is 13.8. The summed E-state index contributed by atoms with van der Waals surface area (Å²) >= 11 is 12.0. The largest absolute Gasteiger partial charge is 0.417 e. The molecular weight excluding hydrogens is 703 g/mol. The SMILES string of the molecule is CC(NC(=O)c1ccc(C=CC(c2cc(Br)c(Cl)c(Br)c2)C(F)(F)F)cc1C(F)(F)F)C(=O)NCC(F)(F)F. The summed E-state index contributed by atoms with van der Waals surface area (Å²) in [6, 6.07) is 2.63. The van der Waals surface area contributed by atoms with E-state index in [0.717, 1.165) is 31.2 Å². The second-order valence-corrected chi connectivity index (χ2v) is 10.1. The van der Waals surface area contributed by atoms with Crippen LogP contribution in [0.3, 0.4) is 0 Å². The molecule has 0 aliphatic carbocycles. The molecule has 16 heteroatoms. The molecular formula is C23H16Br2ClF9N2O2. The molecule has 214 valence electrons. The van der Waals surface area contributed by atoms with Crippen LogP contribution in [-0.4, -0.2) is 36.8 Å². The van der Waals surface area contributed by atoms with Gasteiger partial charge in [0.05, 0.1) is 22.1 Å². The van der Waals surface area contributed by atoms with Crippen molar-refractivity contribution in [3.63, 3.8) is 0 Å². The fourth-order valence-electron chi connectivity index (χ4n) is 3.15. The number of carbonyl (C=O) groups excluding carboxylic acids is 2. The van der Waals surface area contributed by atoms with Gasteiger partial charge in [0.1, 0.15) is 12.6 Å². The maximum Gasteiger partial charge on any atom is 0.417 e. The van der Waals surface area contributed by atoms with E-state index in [1.165, 1.54) is 5.32 Å². The molecule has 0 aromatic heterocycles. The Morgan fingerprint density at radius 3 is 2.03 bits per heavy atom. The third-order valence-corrected chi connectivity index (χ3v) is 7.11. The standard InChI is InChI=1S/C23H16Br2ClF9N2O2/c1-10(19(38)36-9-21(27,28)29)37-20(39)13-4-2-11(6-15(13)23(33,34)35)3-5-14(22(30,31)32)12-7-16(24)18(26)17(25)8-12/h2-8,10,14H,9H2,1H3,(H,36,38)(H,37,39). The van der Waals surface area contributed by atoms with E-state index in [9.17, 15) is 49.1 Å². The minimum atomic E-state index is -5.15. The predicted molar refractivity (Wildman–Crippen MR) is 132 cm³/mol. The van der Waals surface area contributed by atoms with Gasteiger partial charge in [0.25, 0.3) is 5.91 Å². The third kappa shape index (κ3) is 9.41. The van der Waals surface area contributed by atoms with Gasteiger partial charge in [0.2, 0.25) is 5.91 Å². The number of nitrogens with one attached hydrogen (secondary N) is 2. The first-order valence-corrected chi connectivity index (χ1v) is 12.4. The quantitative estimate of drug-likeness (QED) is 0.225. The summed E-state index contributed by atoms with van der Waals surface area (Å²) in [6.45, 7) is -0.761. The average Bonchev–Trinajstić information content (AvgIpc) is 2.78. The summed E-state index contributed by atoms with van der Waals surface area (Å²) < 4.78 is 119. The van der Waals surface area contributed by atoms with E-state index < -0.39 is 60.0 Å². The summed E-state index contributed by atoms with van der Waals surface area (Å²) in [4.78, 5) is 24.2. The Morgan fingerprint density at radius 2 is 1.54 bits per heavy atom. The lowest BCUT2D eigenvalue weighted by Crippen LogP contribution is -2.47. The van der Waals surface area contributed by atoms with Crippen molar-refractivity contribution in [2.75, 3.05) is 6.54 Å². The second kappa shape index (κ2) is 12.5. The molecule has 2 aromatic rings. The second-order valence-electron chi connectivity index (χ2n) is 8.01. The van der Waals surface area contributed by atoms with Crippen molar-refractivity contribution in [3.8, 4) is 0 Å². The topological polar surface area (TPSA) is 58.2 Å². The molecule has 0 saturated carbocycles.